The lowest BCUT2D eigenvalue weighted by Gasteiger charge is -2.09. The molecule has 0 atom stereocenters. The smallest absolute Gasteiger partial charge is 0.406 e. The summed E-state index contributed by atoms with van der Waals surface area (Å²) in [6.07, 6.45) is -1.27. The molecule has 2 aromatic carbocycles. The van der Waals surface area contributed by atoms with Crippen molar-refractivity contribution in [3.63, 3.8) is 0 Å². The number of rotatable bonds is 7. The van der Waals surface area contributed by atoms with Gasteiger partial charge in [0.05, 0.1) is 0 Å². The molecule has 0 aliphatic rings. The number of amides is 2. The fourth-order valence-corrected chi connectivity index (χ4v) is 2.31. The first-order valence-electron chi connectivity index (χ1n) is 8.39. The molecule has 148 valence electrons. The summed E-state index contributed by atoms with van der Waals surface area (Å²) in [5.74, 6) is -0.774. The van der Waals surface area contributed by atoms with Gasteiger partial charge in [0.15, 0.2) is 0 Å². The number of hydrogen-bond donors (Lipinski definition) is 2. The topological polar surface area (TPSA) is 67.4 Å². The van der Waals surface area contributed by atoms with Crippen LogP contribution in [-0.2, 0) is 11.2 Å². The van der Waals surface area contributed by atoms with Crippen molar-refractivity contribution < 1.29 is 27.5 Å². The van der Waals surface area contributed by atoms with Crippen molar-refractivity contribution in [3.05, 3.63) is 71.3 Å². The Kier molecular flexibility index (Phi) is 7.20. The van der Waals surface area contributed by atoms with Crippen LogP contribution < -0.4 is 15.4 Å². The molecule has 0 aliphatic heterocycles. The zero-order valence-corrected chi connectivity index (χ0v) is 15.0. The van der Waals surface area contributed by atoms with Gasteiger partial charge in [-0.2, -0.15) is 0 Å². The van der Waals surface area contributed by atoms with Crippen LogP contribution in [0.25, 0.3) is 6.08 Å². The zero-order chi connectivity index (χ0) is 20.6. The van der Waals surface area contributed by atoms with Crippen molar-refractivity contribution >= 4 is 17.9 Å². The van der Waals surface area contributed by atoms with Crippen LogP contribution in [-0.4, -0.2) is 31.8 Å². The summed E-state index contributed by atoms with van der Waals surface area (Å²) in [5.41, 5.74) is 2.06. The number of benzene rings is 2. The Bertz CT molecular complexity index is 829. The number of carbonyl (C=O) groups is 2. The number of nitrogens with one attached hydrogen (secondary N) is 2. The van der Waals surface area contributed by atoms with Crippen LogP contribution in [0.5, 0.6) is 5.75 Å². The van der Waals surface area contributed by atoms with Gasteiger partial charge in [0.25, 0.3) is 5.91 Å². The van der Waals surface area contributed by atoms with Crippen molar-refractivity contribution in [1.29, 1.82) is 0 Å². The number of halogens is 3. The molecule has 0 saturated heterocycles. The van der Waals surface area contributed by atoms with Crippen LogP contribution in [0.15, 0.2) is 54.6 Å². The number of ether oxygens (including phenoxy) is 1. The first kappa shape index (κ1) is 21.0. The van der Waals surface area contributed by atoms with Crippen molar-refractivity contribution in [2.45, 2.75) is 12.8 Å². The summed E-state index contributed by atoms with van der Waals surface area (Å²) in [4.78, 5) is 23.3. The Morgan fingerprint density at radius 3 is 2.25 bits per heavy atom. The quantitative estimate of drug-likeness (QED) is 0.711. The highest BCUT2D eigenvalue weighted by Gasteiger charge is 2.30. The largest absolute Gasteiger partial charge is 0.573 e. The second-order valence-electron chi connectivity index (χ2n) is 5.77. The molecule has 2 amide bonds. The molecule has 28 heavy (non-hydrogen) atoms. The van der Waals surface area contributed by atoms with E-state index in [1.165, 1.54) is 30.3 Å². The minimum absolute atomic E-state index is 0.189. The van der Waals surface area contributed by atoms with Gasteiger partial charge >= 0.3 is 6.36 Å². The van der Waals surface area contributed by atoms with Crippen LogP contribution in [0.4, 0.5) is 13.2 Å². The number of hydrogen-bond acceptors (Lipinski definition) is 3. The Labute approximate surface area is 160 Å². The maximum absolute atomic E-state index is 12.1. The van der Waals surface area contributed by atoms with E-state index in [-0.39, 0.29) is 17.6 Å². The summed E-state index contributed by atoms with van der Waals surface area (Å²) in [7, 11) is 1.55. The maximum atomic E-state index is 12.1. The molecule has 0 fully saturated rings. The van der Waals surface area contributed by atoms with Crippen LogP contribution in [0.1, 0.15) is 21.5 Å². The molecule has 5 nitrogen and oxygen atoms in total. The van der Waals surface area contributed by atoms with Gasteiger partial charge in [0, 0.05) is 25.2 Å². The fraction of sp³-hybridized carbons (Fsp3) is 0.200. The van der Waals surface area contributed by atoms with E-state index in [1.807, 2.05) is 0 Å². The number of carbonyl (C=O) groups excluding carboxylic acids is 2. The molecular weight excluding hydrogens is 373 g/mol. The molecule has 0 aromatic heterocycles. The minimum Gasteiger partial charge on any atom is -0.406 e. The van der Waals surface area contributed by atoms with E-state index in [2.05, 4.69) is 15.4 Å². The third-order valence-electron chi connectivity index (χ3n) is 3.70. The second-order valence-corrected chi connectivity index (χ2v) is 5.77. The van der Waals surface area contributed by atoms with Gasteiger partial charge < -0.3 is 15.4 Å². The van der Waals surface area contributed by atoms with Gasteiger partial charge in [0.2, 0.25) is 5.91 Å². The van der Waals surface area contributed by atoms with Crippen LogP contribution in [0.3, 0.4) is 0 Å². The van der Waals surface area contributed by atoms with E-state index in [9.17, 15) is 22.8 Å². The summed E-state index contributed by atoms with van der Waals surface area (Å²) in [6, 6.07) is 12.2. The number of alkyl halides is 3. The first-order chi connectivity index (χ1) is 13.3. The molecule has 0 radical (unpaired) electrons. The van der Waals surface area contributed by atoms with Crippen molar-refractivity contribution in [2.24, 2.45) is 0 Å². The van der Waals surface area contributed by atoms with Crippen LogP contribution in [0.2, 0.25) is 0 Å². The lowest BCUT2D eigenvalue weighted by molar-refractivity contribution is -0.274. The summed E-state index contributed by atoms with van der Waals surface area (Å²) in [5, 5.41) is 5.21. The van der Waals surface area contributed by atoms with Gasteiger partial charge in [-0.3, -0.25) is 9.59 Å². The first-order valence-corrected chi connectivity index (χ1v) is 8.39. The van der Waals surface area contributed by atoms with Crippen molar-refractivity contribution in [3.8, 4) is 5.75 Å². The highest BCUT2D eigenvalue weighted by atomic mass is 19.4. The lowest BCUT2D eigenvalue weighted by atomic mass is 10.1. The minimum atomic E-state index is -4.72. The molecule has 2 rings (SSSR count). The second kappa shape index (κ2) is 9.59. The third kappa shape index (κ3) is 7.14. The molecule has 2 N–H and O–H groups in total. The molecule has 2 aromatic rings. The summed E-state index contributed by atoms with van der Waals surface area (Å²) >= 11 is 0. The Balaban J connectivity index is 1.78. The van der Waals surface area contributed by atoms with Crippen LogP contribution >= 0.6 is 0 Å². The molecule has 0 spiro atoms. The molecular formula is C20H19F3N2O3. The molecule has 8 heteroatoms. The summed E-state index contributed by atoms with van der Waals surface area (Å²) in [6.45, 7) is 0.332. The van der Waals surface area contributed by atoms with E-state index in [1.54, 1.807) is 37.4 Å². The molecule has 0 heterocycles. The average Bonchev–Trinajstić information content (AvgIpc) is 2.66. The van der Waals surface area contributed by atoms with E-state index in [0.717, 1.165) is 11.1 Å². The zero-order valence-electron chi connectivity index (χ0n) is 15.0. The SMILES string of the molecule is CNC(=O)c1ccc(C=CC(=O)NCCc2ccc(OC(F)(F)F)cc2)cc1. The molecule has 0 unspecified atom stereocenters. The van der Waals surface area contributed by atoms with Crippen LogP contribution in [0, 0.1) is 0 Å². The van der Waals surface area contributed by atoms with E-state index in [4.69, 9.17) is 0 Å². The predicted octanol–water partition coefficient (Wildman–Crippen LogP) is 3.32. The highest BCUT2D eigenvalue weighted by molar-refractivity contribution is 5.94. The Hall–Kier alpha value is -3.29. The average molecular weight is 392 g/mol. The fourth-order valence-electron chi connectivity index (χ4n) is 2.31. The Morgan fingerprint density at radius 2 is 1.68 bits per heavy atom. The standard InChI is InChI=1S/C20H19F3N2O3/c1-24-19(27)16-7-2-14(3-8-16)6-11-18(26)25-13-12-15-4-9-17(10-5-15)28-20(21,22)23/h2-11H,12-13H2,1H3,(H,24,27)(H,25,26). The monoisotopic (exact) mass is 392 g/mol. The molecule has 0 saturated carbocycles. The molecule has 0 bridgehead atoms. The Morgan fingerprint density at radius 1 is 1.04 bits per heavy atom. The van der Waals surface area contributed by atoms with Gasteiger partial charge in [-0.25, -0.2) is 0 Å². The van der Waals surface area contributed by atoms with E-state index < -0.39 is 6.36 Å². The van der Waals surface area contributed by atoms with E-state index >= 15 is 0 Å². The van der Waals surface area contributed by atoms with Gasteiger partial charge in [0.1, 0.15) is 5.75 Å². The van der Waals surface area contributed by atoms with Crippen molar-refractivity contribution in [2.75, 3.05) is 13.6 Å². The van der Waals surface area contributed by atoms with E-state index in [0.29, 0.717) is 18.5 Å². The van der Waals surface area contributed by atoms with Crippen molar-refractivity contribution in [1.82, 2.24) is 10.6 Å². The lowest BCUT2D eigenvalue weighted by Crippen LogP contribution is -2.23. The summed E-state index contributed by atoms with van der Waals surface area (Å²) < 4.78 is 40.1. The normalized spacial score (nSPS) is 11.3. The maximum Gasteiger partial charge on any atom is 0.573 e. The molecule has 0 aliphatic carbocycles. The predicted molar refractivity (Wildman–Crippen MR) is 98.7 cm³/mol. The van der Waals surface area contributed by atoms with Gasteiger partial charge in [-0.1, -0.05) is 24.3 Å². The highest BCUT2D eigenvalue weighted by Crippen LogP contribution is 2.22. The van der Waals surface area contributed by atoms with Gasteiger partial charge in [-0.15, -0.1) is 13.2 Å². The third-order valence-corrected chi connectivity index (χ3v) is 3.70. The van der Waals surface area contributed by atoms with Gasteiger partial charge in [-0.05, 0) is 47.9 Å².